The first-order valence-electron chi connectivity index (χ1n) is 5.96. The minimum Gasteiger partial charge on any atom is -0.395 e. The molecule has 1 N–H and O–H groups in total. The maximum atomic E-state index is 13.3. The summed E-state index contributed by atoms with van der Waals surface area (Å²) in [7, 11) is -3.80. The number of hydrogen-bond acceptors (Lipinski definition) is 3. The van der Waals surface area contributed by atoms with Gasteiger partial charge in [-0.15, -0.1) is 0 Å². The summed E-state index contributed by atoms with van der Waals surface area (Å²) in [5, 5.41) is 8.86. The molecule has 0 aromatic heterocycles. The molecule has 2 rings (SSSR count). The maximum absolute atomic E-state index is 13.3. The number of aryl methyl sites for hydroxylation is 1. The number of aliphatic hydroxyl groups excluding tert-OH is 1. The Kier molecular flexibility index (Phi) is 4.15. The van der Waals surface area contributed by atoms with Gasteiger partial charge in [0.1, 0.15) is 10.7 Å². The number of nitrogens with zero attached hydrogens (tertiary/aromatic N) is 1. The molecule has 0 heterocycles. The molecule has 0 bridgehead atoms. The molecule has 106 valence electrons. The summed E-state index contributed by atoms with van der Waals surface area (Å²) in [5.74, 6) is -0.538. The van der Waals surface area contributed by atoms with E-state index in [4.69, 9.17) is 16.7 Å². The fourth-order valence-corrected chi connectivity index (χ4v) is 4.17. The van der Waals surface area contributed by atoms with Crippen molar-refractivity contribution >= 4 is 21.6 Å². The van der Waals surface area contributed by atoms with Gasteiger partial charge in [0.05, 0.1) is 11.6 Å². The molecule has 0 amide bonds. The first-order valence-corrected chi connectivity index (χ1v) is 7.78. The highest BCUT2D eigenvalue weighted by molar-refractivity contribution is 7.89. The van der Waals surface area contributed by atoms with E-state index in [1.807, 2.05) is 0 Å². The smallest absolute Gasteiger partial charge is 0.244 e. The van der Waals surface area contributed by atoms with Crippen LogP contribution in [0.15, 0.2) is 17.0 Å². The minimum atomic E-state index is -3.80. The molecular formula is C12H15ClFNO3S. The van der Waals surface area contributed by atoms with E-state index < -0.39 is 15.8 Å². The second kappa shape index (κ2) is 5.36. The Morgan fingerprint density at radius 1 is 1.47 bits per heavy atom. The number of sulfonamides is 1. The Bertz CT molecular complexity index is 587. The third-order valence-corrected chi connectivity index (χ3v) is 5.49. The number of hydrogen-bond donors (Lipinski definition) is 1. The summed E-state index contributed by atoms with van der Waals surface area (Å²) < 4.78 is 39.6. The number of rotatable bonds is 5. The summed E-state index contributed by atoms with van der Waals surface area (Å²) in [4.78, 5) is -0.103. The van der Waals surface area contributed by atoms with Crippen LogP contribution in [0.2, 0.25) is 5.02 Å². The second-order valence-corrected chi connectivity index (χ2v) is 6.87. The van der Waals surface area contributed by atoms with Crippen molar-refractivity contribution in [1.29, 1.82) is 0 Å². The average molecular weight is 308 g/mol. The van der Waals surface area contributed by atoms with Gasteiger partial charge in [0, 0.05) is 12.6 Å². The molecule has 0 spiro atoms. The molecule has 1 aliphatic carbocycles. The van der Waals surface area contributed by atoms with Crippen molar-refractivity contribution in [2.24, 2.45) is 0 Å². The zero-order valence-corrected chi connectivity index (χ0v) is 12.0. The number of halogens is 2. The SMILES string of the molecule is Cc1cc(S(=O)(=O)N(CCO)C2CC2)c(Cl)cc1F. The van der Waals surface area contributed by atoms with Gasteiger partial charge in [-0.1, -0.05) is 11.6 Å². The Labute approximate surface area is 116 Å². The van der Waals surface area contributed by atoms with E-state index in [1.165, 1.54) is 17.3 Å². The second-order valence-electron chi connectivity index (χ2n) is 4.60. The normalized spacial score (nSPS) is 16.1. The van der Waals surface area contributed by atoms with Crippen LogP contribution < -0.4 is 0 Å². The fraction of sp³-hybridized carbons (Fsp3) is 0.500. The van der Waals surface area contributed by atoms with E-state index in [0.29, 0.717) is 0 Å². The van der Waals surface area contributed by atoms with Gasteiger partial charge in [-0.05, 0) is 37.5 Å². The van der Waals surface area contributed by atoms with E-state index in [1.54, 1.807) is 0 Å². The minimum absolute atomic E-state index is 0.0275. The Hall–Kier alpha value is -0.690. The maximum Gasteiger partial charge on any atom is 0.244 e. The van der Waals surface area contributed by atoms with Crippen molar-refractivity contribution in [2.45, 2.75) is 30.7 Å². The Balaban J connectivity index is 2.46. The predicted octanol–water partition coefficient (Wildman–Crippen LogP) is 1.93. The predicted molar refractivity (Wildman–Crippen MR) is 70.1 cm³/mol. The molecule has 7 heteroatoms. The highest BCUT2D eigenvalue weighted by Crippen LogP contribution is 2.34. The molecule has 19 heavy (non-hydrogen) atoms. The highest BCUT2D eigenvalue weighted by atomic mass is 35.5. The van der Waals surface area contributed by atoms with Crippen molar-refractivity contribution in [3.63, 3.8) is 0 Å². The Morgan fingerprint density at radius 2 is 2.11 bits per heavy atom. The van der Waals surface area contributed by atoms with E-state index >= 15 is 0 Å². The van der Waals surface area contributed by atoms with Crippen LogP contribution in [0, 0.1) is 12.7 Å². The van der Waals surface area contributed by atoms with Crippen LogP contribution in [-0.4, -0.2) is 37.0 Å². The largest absolute Gasteiger partial charge is 0.395 e. The monoisotopic (exact) mass is 307 g/mol. The third kappa shape index (κ3) is 2.91. The van der Waals surface area contributed by atoms with E-state index in [2.05, 4.69) is 0 Å². The average Bonchev–Trinajstić information content (AvgIpc) is 3.14. The first-order chi connectivity index (χ1) is 8.87. The van der Waals surface area contributed by atoms with Crippen LogP contribution in [0.25, 0.3) is 0 Å². The molecule has 1 fully saturated rings. The lowest BCUT2D eigenvalue weighted by atomic mass is 10.2. The van der Waals surface area contributed by atoms with E-state index in [0.717, 1.165) is 18.9 Å². The number of aliphatic hydroxyl groups is 1. The molecule has 4 nitrogen and oxygen atoms in total. The fourth-order valence-electron chi connectivity index (χ4n) is 1.91. The number of benzene rings is 1. The molecule has 0 saturated heterocycles. The van der Waals surface area contributed by atoms with Gasteiger partial charge in [0.2, 0.25) is 10.0 Å². The lowest BCUT2D eigenvalue weighted by molar-refractivity contribution is 0.250. The molecule has 1 aliphatic rings. The summed E-state index contributed by atoms with van der Waals surface area (Å²) in [6, 6.07) is 2.16. The van der Waals surface area contributed by atoms with Crippen LogP contribution >= 0.6 is 11.6 Å². The summed E-state index contributed by atoms with van der Waals surface area (Å²) in [6.07, 6.45) is 1.55. The lowest BCUT2D eigenvalue weighted by Gasteiger charge is -2.21. The van der Waals surface area contributed by atoms with Crippen LogP contribution in [-0.2, 0) is 10.0 Å². The molecule has 0 unspecified atom stereocenters. The third-order valence-electron chi connectivity index (χ3n) is 3.07. The van der Waals surface area contributed by atoms with Crippen LogP contribution in [0.3, 0.4) is 0 Å². The van der Waals surface area contributed by atoms with Crippen molar-refractivity contribution < 1.29 is 17.9 Å². The molecule has 1 aromatic carbocycles. The van der Waals surface area contributed by atoms with Crippen LogP contribution in [0.5, 0.6) is 0 Å². The topological polar surface area (TPSA) is 57.6 Å². The Morgan fingerprint density at radius 3 is 2.63 bits per heavy atom. The quantitative estimate of drug-likeness (QED) is 0.904. The molecule has 0 aliphatic heterocycles. The zero-order valence-electron chi connectivity index (χ0n) is 10.4. The molecular weight excluding hydrogens is 293 g/mol. The highest BCUT2D eigenvalue weighted by Gasteiger charge is 2.38. The zero-order chi connectivity index (χ0) is 14.2. The van der Waals surface area contributed by atoms with Gasteiger partial charge in [-0.25, -0.2) is 12.8 Å². The van der Waals surface area contributed by atoms with E-state index in [9.17, 15) is 12.8 Å². The molecule has 0 radical (unpaired) electrons. The van der Waals surface area contributed by atoms with Crippen molar-refractivity contribution in [3.05, 3.63) is 28.5 Å². The van der Waals surface area contributed by atoms with Gasteiger partial charge in [0.25, 0.3) is 0 Å². The van der Waals surface area contributed by atoms with Gasteiger partial charge in [-0.3, -0.25) is 0 Å². The molecule has 0 atom stereocenters. The van der Waals surface area contributed by atoms with Gasteiger partial charge in [-0.2, -0.15) is 4.31 Å². The summed E-state index contributed by atoms with van der Waals surface area (Å²) in [6.45, 7) is 1.26. The molecule has 1 saturated carbocycles. The van der Waals surface area contributed by atoms with Crippen LogP contribution in [0.1, 0.15) is 18.4 Å². The van der Waals surface area contributed by atoms with Gasteiger partial charge >= 0.3 is 0 Å². The van der Waals surface area contributed by atoms with E-state index in [-0.39, 0.29) is 34.7 Å². The first kappa shape index (κ1) is 14.7. The van der Waals surface area contributed by atoms with Gasteiger partial charge < -0.3 is 5.11 Å². The lowest BCUT2D eigenvalue weighted by Crippen LogP contribution is -2.35. The van der Waals surface area contributed by atoms with Crippen molar-refractivity contribution in [1.82, 2.24) is 4.31 Å². The summed E-state index contributed by atoms with van der Waals surface area (Å²) >= 11 is 5.85. The van der Waals surface area contributed by atoms with Crippen molar-refractivity contribution in [2.75, 3.05) is 13.2 Å². The summed E-state index contributed by atoms with van der Waals surface area (Å²) in [5.41, 5.74) is 0.225. The standard InChI is InChI=1S/C12H15ClFNO3S/c1-8-6-12(10(13)7-11(8)14)19(17,18)15(4-5-16)9-2-3-9/h6-7,9,16H,2-5H2,1H3. The van der Waals surface area contributed by atoms with Crippen LogP contribution in [0.4, 0.5) is 4.39 Å². The van der Waals surface area contributed by atoms with Gasteiger partial charge in [0.15, 0.2) is 0 Å². The molecule has 1 aromatic rings. The van der Waals surface area contributed by atoms with Crippen molar-refractivity contribution in [3.8, 4) is 0 Å².